The van der Waals surface area contributed by atoms with Crippen LogP contribution in [-0.4, -0.2) is 61.8 Å². The van der Waals surface area contributed by atoms with E-state index in [1.165, 1.54) is 12.8 Å². The van der Waals surface area contributed by atoms with Crippen LogP contribution in [0.15, 0.2) is 27.8 Å². The van der Waals surface area contributed by atoms with Crippen molar-refractivity contribution in [1.82, 2.24) is 20.9 Å². The Kier molecular flexibility index (Phi) is 9.02. The molecule has 1 amide bonds. The molecule has 0 aromatic carbocycles. The number of furan rings is 1. The highest BCUT2D eigenvalue weighted by molar-refractivity contribution is 5.79. The Labute approximate surface area is 180 Å². The van der Waals surface area contributed by atoms with Gasteiger partial charge in [0, 0.05) is 20.1 Å². The number of rotatable bonds is 8. The van der Waals surface area contributed by atoms with Gasteiger partial charge in [0.05, 0.1) is 18.3 Å². The number of aliphatic imine (C=N–C) groups is 1. The quantitative estimate of drug-likeness (QED) is 0.441. The van der Waals surface area contributed by atoms with Crippen molar-refractivity contribution in [1.29, 1.82) is 0 Å². The van der Waals surface area contributed by atoms with Crippen LogP contribution in [0.25, 0.3) is 0 Å². The Hall–Kier alpha value is -2.22. The summed E-state index contributed by atoms with van der Waals surface area (Å²) in [7, 11) is 1.75. The van der Waals surface area contributed by atoms with Gasteiger partial charge >= 0.3 is 6.09 Å². The minimum absolute atomic E-state index is 0.0853. The zero-order chi connectivity index (χ0) is 22.1. The third-order valence-electron chi connectivity index (χ3n) is 5.14. The Morgan fingerprint density at radius 1 is 1.23 bits per heavy atom. The maximum absolute atomic E-state index is 12.2. The molecule has 2 rings (SSSR count). The van der Waals surface area contributed by atoms with E-state index in [1.807, 2.05) is 32.9 Å². The monoisotopic (exact) mass is 421 g/mol. The molecule has 170 valence electrons. The Morgan fingerprint density at radius 2 is 1.90 bits per heavy atom. The number of hydrogen-bond acceptors (Lipinski definition) is 5. The van der Waals surface area contributed by atoms with Crippen molar-refractivity contribution >= 4 is 12.1 Å². The fourth-order valence-corrected chi connectivity index (χ4v) is 3.48. The Bertz CT molecular complexity index is 661. The highest BCUT2D eigenvalue weighted by Crippen LogP contribution is 2.24. The fourth-order valence-electron chi connectivity index (χ4n) is 3.48. The minimum Gasteiger partial charge on any atom is -0.468 e. The smallest absolute Gasteiger partial charge is 0.407 e. The summed E-state index contributed by atoms with van der Waals surface area (Å²) in [5.74, 6) is 1.90. The number of amides is 1. The van der Waals surface area contributed by atoms with Gasteiger partial charge in [-0.05, 0) is 64.8 Å². The van der Waals surface area contributed by atoms with Crippen molar-refractivity contribution in [3.63, 3.8) is 0 Å². The van der Waals surface area contributed by atoms with Gasteiger partial charge < -0.3 is 25.1 Å². The van der Waals surface area contributed by atoms with Crippen molar-refractivity contribution in [2.45, 2.75) is 65.1 Å². The number of alkyl carbamates (subject to hydrolysis) is 1. The van der Waals surface area contributed by atoms with Crippen LogP contribution in [0.1, 0.15) is 59.3 Å². The van der Waals surface area contributed by atoms with Gasteiger partial charge in [-0.1, -0.05) is 13.8 Å². The average Bonchev–Trinajstić information content (AvgIpc) is 3.36. The first-order chi connectivity index (χ1) is 14.2. The van der Waals surface area contributed by atoms with Crippen molar-refractivity contribution in [2.24, 2.45) is 10.9 Å². The summed E-state index contributed by atoms with van der Waals surface area (Å²) in [6.07, 6.45) is 3.76. The summed E-state index contributed by atoms with van der Waals surface area (Å²) in [6, 6.07) is 4.04. The molecule has 0 spiro atoms. The van der Waals surface area contributed by atoms with E-state index in [0.717, 1.165) is 18.8 Å². The summed E-state index contributed by atoms with van der Waals surface area (Å²) < 4.78 is 11.1. The number of likely N-dealkylation sites (tertiary alicyclic amines) is 1. The number of hydrogen-bond donors (Lipinski definition) is 3. The third kappa shape index (κ3) is 7.89. The molecule has 1 fully saturated rings. The van der Waals surface area contributed by atoms with E-state index < -0.39 is 11.7 Å². The van der Waals surface area contributed by atoms with Crippen LogP contribution in [-0.2, 0) is 4.74 Å². The molecule has 0 radical (unpaired) electrons. The lowest BCUT2D eigenvalue weighted by Gasteiger charge is -2.28. The number of guanidine groups is 1. The van der Waals surface area contributed by atoms with Gasteiger partial charge in [-0.15, -0.1) is 0 Å². The second kappa shape index (κ2) is 11.2. The van der Waals surface area contributed by atoms with E-state index >= 15 is 0 Å². The molecule has 0 bridgehead atoms. The number of nitrogens with zero attached hydrogens (tertiary/aromatic N) is 2. The van der Waals surface area contributed by atoms with E-state index in [-0.39, 0.29) is 18.0 Å². The largest absolute Gasteiger partial charge is 0.468 e. The van der Waals surface area contributed by atoms with Crippen LogP contribution in [0.5, 0.6) is 0 Å². The van der Waals surface area contributed by atoms with Crippen LogP contribution in [0.3, 0.4) is 0 Å². The van der Waals surface area contributed by atoms with E-state index in [4.69, 9.17) is 9.15 Å². The summed E-state index contributed by atoms with van der Waals surface area (Å²) in [5, 5.41) is 9.70. The van der Waals surface area contributed by atoms with Gasteiger partial charge in [-0.2, -0.15) is 0 Å². The molecule has 1 aliphatic rings. The number of ether oxygens (including phenoxy) is 1. The van der Waals surface area contributed by atoms with Crippen LogP contribution in [0.2, 0.25) is 0 Å². The molecule has 1 aliphatic heterocycles. The van der Waals surface area contributed by atoms with E-state index in [2.05, 4.69) is 39.7 Å². The van der Waals surface area contributed by atoms with Gasteiger partial charge in [0.2, 0.25) is 0 Å². The van der Waals surface area contributed by atoms with Crippen molar-refractivity contribution in [2.75, 3.05) is 33.2 Å². The zero-order valence-electron chi connectivity index (χ0n) is 19.3. The molecule has 1 aromatic rings. The van der Waals surface area contributed by atoms with Gasteiger partial charge in [0.15, 0.2) is 5.96 Å². The molecular formula is C22H39N5O3. The van der Waals surface area contributed by atoms with E-state index in [1.54, 1.807) is 13.3 Å². The third-order valence-corrected chi connectivity index (χ3v) is 5.14. The lowest BCUT2D eigenvalue weighted by Crippen LogP contribution is -2.51. The van der Waals surface area contributed by atoms with Crippen LogP contribution < -0.4 is 16.0 Å². The molecule has 0 saturated carbocycles. The number of carbonyl (C=O) groups is 1. The second-order valence-corrected chi connectivity index (χ2v) is 9.11. The number of nitrogens with one attached hydrogen (secondary N) is 3. The standard InChI is InChI=1S/C22H39N5O3/c1-16(2)17(26-21(28)30-22(3,4)5)14-24-20(23-6)25-15-18(19-10-9-13-29-19)27-11-7-8-12-27/h9-10,13,16-18H,7-8,11-12,14-15H2,1-6H3,(H,26,28)(H2,23,24,25). The minimum atomic E-state index is -0.521. The maximum Gasteiger partial charge on any atom is 0.407 e. The molecule has 30 heavy (non-hydrogen) atoms. The first-order valence-corrected chi connectivity index (χ1v) is 10.9. The maximum atomic E-state index is 12.2. The average molecular weight is 422 g/mol. The first kappa shape index (κ1) is 24.1. The molecule has 1 saturated heterocycles. The topological polar surface area (TPSA) is 91.1 Å². The summed E-state index contributed by atoms with van der Waals surface area (Å²) in [4.78, 5) is 18.9. The zero-order valence-corrected chi connectivity index (χ0v) is 19.3. The van der Waals surface area contributed by atoms with E-state index in [0.29, 0.717) is 19.0 Å². The van der Waals surface area contributed by atoms with Gasteiger partial charge in [-0.3, -0.25) is 9.89 Å². The highest BCUT2D eigenvalue weighted by atomic mass is 16.6. The van der Waals surface area contributed by atoms with Crippen LogP contribution in [0.4, 0.5) is 4.79 Å². The number of carbonyl (C=O) groups excluding carboxylic acids is 1. The molecule has 2 unspecified atom stereocenters. The highest BCUT2D eigenvalue weighted by Gasteiger charge is 2.26. The SMILES string of the molecule is CN=C(NCC(NC(=O)OC(C)(C)C)C(C)C)NCC(c1ccco1)N1CCCC1. The van der Waals surface area contributed by atoms with Crippen LogP contribution >= 0.6 is 0 Å². The van der Waals surface area contributed by atoms with Crippen molar-refractivity contribution in [3.8, 4) is 0 Å². The molecule has 2 heterocycles. The van der Waals surface area contributed by atoms with Gasteiger partial charge in [0.1, 0.15) is 11.4 Å². The van der Waals surface area contributed by atoms with Crippen molar-refractivity contribution in [3.05, 3.63) is 24.2 Å². The molecule has 1 aromatic heterocycles. The van der Waals surface area contributed by atoms with E-state index in [9.17, 15) is 4.79 Å². The molecule has 2 atom stereocenters. The van der Waals surface area contributed by atoms with Crippen molar-refractivity contribution < 1.29 is 13.9 Å². The summed E-state index contributed by atoms with van der Waals surface area (Å²) >= 11 is 0. The second-order valence-electron chi connectivity index (χ2n) is 9.11. The van der Waals surface area contributed by atoms with Gasteiger partial charge in [-0.25, -0.2) is 4.79 Å². The fraction of sp³-hybridized carbons (Fsp3) is 0.727. The Morgan fingerprint density at radius 3 is 2.43 bits per heavy atom. The molecular weight excluding hydrogens is 382 g/mol. The lowest BCUT2D eigenvalue weighted by molar-refractivity contribution is 0.0491. The molecule has 8 nitrogen and oxygen atoms in total. The Balaban J connectivity index is 1.89. The summed E-state index contributed by atoms with van der Waals surface area (Å²) in [6.45, 7) is 13.1. The van der Waals surface area contributed by atoms with Gasteiger partial charge in [0.25, 0.3) is 0 Å². The molecule has 3 N–H and O–H groups in total. The normalized spacial score (nSPS) is 17.6. The first-order valence-electron chi connectivity index (χ1n) is 10.9. The predicted octanol–water partition coefficient (Wildman–Crippen LogP) is 3.13. The summed E-state index contributed by atoms with van der Waals surface area (Å²) in [5.41, 5.74) is -0.521. The molecule has 8 heteroatoms. The van der Waals surface area contributed by atoms with Crippen LogP contribution in [0, 0.1) is 5.92 Å². The molecule has 0 aliphatic carbocycles. The predicted molar refractivity (Wildman–Crippen MR) is 120 cm³/mol. The lowest BCUT2D eigenvalue weighted by atomic mass is 10.0.